The van der Waals surface area contributed by atoms with E-state index in [1.165, 1.54) is 6.92 Å². The van der Waals surface area contributed by atoms with Gasteiger partial charge in [-0.1, -0.05) is 19.9 Å². The molecule has 0 aromatic carbocycles. The molecule has 0 saturated carbocycles. The van der Waals surface area contributed by atoms with Crippen molar-refractivity contribution in [3.8, 4) is 0 Å². The van der Waals surface area contributed by atoms with Crippen LogP contribution in [0.3, 0.4) is 0 Å². The molecule has 19 heavy (non-hydrogen) atoms. The minimum Gasteiger partial charge on any atom is -0.480 e. The smallest absolute Gasteiger partial charge is 0.320 e. The van der Waals surface area contributed by atoms with Crippen LogP contribution in [-0.4, -0.2) is 35.1 Å². The first-order valence-corrected chi connectivity index (χ1v) is 6.73. The predicted molar refractivity (Wildman–Crippen MR) is 73.7 cm³/mol. The Labute approximate surface area is 114 Å². The summed E-state index contributed by atoms with van der Waals surface area (Å²) < 4.78 is 0. The summed E-state index contributed by atoms with van der Waals surface area (Å²) in [6, 6.07) is -0.689. The van der Waals surface area contributed by atoms with E-state index in [4.69, 9.17) is 5.11 Å². The van der Waals surface area contributed by atoms with Crippen molar-refractivity contribution in [1.29, 1.82) is 0 Å². The van der Waals surface area contributed by atoms with Gasteiger partial charge in [0.25, 0.3) is 0 Å². The maximum atomic E-state index is 11.3. The number of hydrogen-bond acceptors (Lipinski definition) is 3. The van der Waals surface area contributed by atoms with Crippen molar-refractivity contribution in [1.82, 2.24) is 10.6 Å². The highest BCUT2D eigenvalue weighted by molar-refractivity contribution is 5.75. The van der Waals surface area contributed by atoms with Gasteiger partial charge in [-0.3, -0.25) is 14.9 Å². The first-order chi connectivity index (χ1) is 8.85. The van der Waals surface area contributed by atoms with E-state index in [1.54, 1.807) is 6.08 Å². The molecule has 108 valence electrons. The molecule has 3 unspecified atom stereocenters. The lowest BCUT2D eigenvalue weighted by Crippen LogP contribution is -2.51. The molecule has 0 bridgehead atoms. The van der Waals surface area contributed by atoms with E-state index in [0.29, 0.717) is 12.3 Å². The van der Waals surface area contributed by atoms with Gasteiger partial charge in [-0.25, -0.2) is 0 Å². The summed E-state index contributed by atoms with van der Waals surface area (Å²) in [7, 11) is 0. The SMILES string of the molecule is C=CC1C[C@@H](C(=O)O)NC1C(CC(C)C)NC(C)=O. The second-order valence-electron chi connectivity index (χ2n) is 5.66. The van der Waals surface area contributed by atoms with E-state index >= 15 is 0 Å². The molecule has 0 radical (unpaired) electrons. The van der Waals surface area contributed by atoms with E-state index in [2.05, 4.69) is 31.1 Å². The summed E-state index contributed by atoms with van der Waals surface area (Å²) in [6.07, 6.45) is 3.13. The molecule has 1 aliphatic heterocycles. The lowest BCUT2D eigenvalue weighted by atomic mass is 9.89. The van der Waals surface area contributed by atoms with Crippen LogP contribution in [0.1, 0.15) is 33.6 Å². The maximum absolute atomic E-state index is 11.3. The highest BCUT2D eigenvalue weighted by Crippen LogP contribution is 2.26. The lowest BCUT2D eigenvalue weighted by molar-refractivity contribution is -0.139. The molecule has 0 aliphatic carbocycles. The standard InChI is InChI=1S/C14H24N2O3/c1-5-10-7-12(14(18)19)16-13(10)11(6-8(2)3)15-9(4)17/h5,8,10-13,16H,1,6-7H2,2-4H3,(H,15,17)(H,18,19)/t10?,11?,12-,13?/m0/s1. The van der Waals surface area contributed by atoms with Gasteiger partial charge >= 0.3 is 5.97 Å². The zero-order valence-electron chi connectivity index (χ0n) is 11.8. The Morgan fingerprint density at radius 3 is 2.58 bits per heavy atom. The maximum Gasteiger partial charge on any atom is 0.320 e. The van der Waals surface area contributed by atoms with Crippen LogP contribution in [0.25, 0.3) is 0 Å². The molecule has 1 saturated heterocycles. The van der Waals surface area contributed by atoms with E-state index in [1.807, 2.05) is 0 Å². The van der Waals surface area contributed by atoms with Crippen molar-refractivity contribution in [3.63, 3.8) is 0 Å². The summed E-state index contributed by atoms with van der Waals surface area (Å²) in [4.78, 5) is 22.4. The van der Waals surface area contributed by atoms with Gasteiger partial charge in [-0.15, -0.1) is 6.58 Å². The van der Waals surface area contributed by atoms with Gasteiger partial charge in [0.2, 0.25) is 5.91 Å². The van der Waals surface area contributed by atoms with Crippen molar-refractivity contribution in [3.05, 3.63) is 12.7 Å². The van der Waals surface area contributed by atoms with Crippen molar-refractivity contribution >= 4 is 11.9 Å². The summed E-state index contributed by atoms with van der Waals surface area (Å²) in [5.74, 6) is -0.445. The third-order valence-electron chi connectivity index (χ3n) is 3.51. The minimum atomic E-state index is -0.847. The van der Waals surface area contributed by atoms with E-state index in [-0.39, 0.29) is 23.9 Å². The summed E-state index contributed by atoms with van der Waals surface area (Å²) in [5, 5.41) is 15.2. The average molecular weight is 268 g/mol. The predicted octanol–water partition coefficient (Wildman–Crippen LogP) is 1.15. The molecule has 5 nitrogen and oxygen atoms in total. The highest BCUT2D eigenvalue weighted by atomic mass is 16.4. The van der Waals surface area contributed by atoms with Gasteiger partial charge in [0, 0.05) is 19.0 Å². The molecule has 1 heterocycles. The molecule has 1 aliphatic rings. The van der Waals surface area contributed by atoms with Crippen molar-refractivity contribution in [2.24, 2.45) is 11.8 Å². The number of carbonyl (C=O) groups is 2. The summed E-state index contributed by atoms with van der Waals surface area (Å²) in [6.45, 7) is 9.44. The van der Waals surface area contributed by atoms with Crippen LogP contribution in [0.2, 0.25) is 0 Å². The van der Waals surface area contributed by atoms with Gasteiger partial charge in [-0.05, 0) is 24.7 Å². The molecule has 1 rings (SSSR count). The molecular weight excluding hydrogens is 244 g/mol. The van der Waals surface area contributed by atoms with E-state index in [9.17, 15) is 9.59 Å². The molecule has 5 heteroatoms. The third-order valence-corrected chi connectivity index (χ3v) is 3.51. The van der Waals surface area contributed by atoms with Gasteiger partial charge in [-0.2, -0.15) is 0 Å². The largest absolute Gasteiger partial charge is 0.480 e. The average Bonchev–Trinajstić information content (AvgIpc) is 2.70. The van der Waals surface area contributed by atoms with Crippen molar-refractivity contribution in [2.45, 2.75) is 51.7 Å². The number of hydrogen-bond donors (Lipinski definition) is 3. The highest BCUT2D eigenvalue weighted by Gasteiger charge is 2.40. The number of amides is 1. The first kappa shape index (κ1) is 15.7. The van der Waals surface area contributed by atoms with Crippen molar-refractivity contribution < 1.29 is 14.7 Å². The Morgan fingerprint density at radius 1 is 1.53 bits per heavy atom. The number of aliphatic carboxylic acids is 1. The number of carboxylic acids is 1. The van der Waals surface area contributed by atoms with Crippen LogP contribution < -0.4 is 10.6 Å². The summed E-state index contributed by atoms with van der Waals surface area (Å²) in [5.41, 5.74) is 0. The fourth-order valence-corrected chi connectivity index (χ4v) is 2.74. The minimum absolute atomic E-state index is 0.0649. The van der Waals surface area contributed by atoms with Crippen LogP contribution in [-0.2, 0) is 9.59 Å². The first-order valence-electron chi connectivity index (χ1n) is 6.73. The number of carbonyl (C=O) groups excluding carboxylic acids is 1. The Morgan fingerprint density at radius 2 is 2.16 bits per heavy atom. The fourth-order valence-electron chi connectivity index (χ4n) is 2.74. The van der Waals surface area contributed by atoms with Crippen molar-refractivity contribution in [2.75, 3.05) is 0 Å². The molecular formula is C14H24N2O3. The van der Waals surface area contributed by atoms with E-state index in [0.717, 1.165) is 6.42 Å². The van der Waals surface area contributed by atoms with Crippen LogP contribution in [0, 0.1) is 11.8 Å². The Kier molecular flexibility index (Phi) is 5.54. The molecule has 0 aromatic rings. The zero-order chi connectivity index (χ0) is 14.6. The quantitative estimate of drug-likeness (QED) is 0.632. The molecule has 4 atom stereocenters. The van der Waals surface area contributed by atoms with Gasteiger partial charge in [0.05, 0.1) is 0 Å². The second-order valence-corrected chi connectivity index (χ2v) is 5.66. The monoisotopic (exact) mass is 268 g/mol. The summed E-state index contributed by atoms with van der Waals surface area (Å²) >= 11 is 0. The normalized spacial score (nSPS) is 28.1. The van der Waals surface area contributed by atoms with Crippen LogP contribution in [0.5, 0.6) is 0 Å². The molecule has 1 amide bonds. The second kappa shape index (κ2) is 6.70. The molecule has 1 fully saturated rings. The van der Waals surface area contributed by atoms with Gasteiger partial charge < -0.3 is 10.4 Å². The molecule has 0 aromatic heterocycles. The zero-order valence-corrected chi connectivity index (χ0v) is 11.8. The Bertz CT molecular complexity index is 355. The van der Waals surface area contributed by atoms with Crippen LogP contribution >= 0.6 is 0 Å². The number of carboxylic acid groups (broad SMARTS) is 1. The number of nitrogens with one attached hydrogen (secondary N) is 2. The van der Waals surface area contributed by atoms with E-state index < -0.39 is 12.0 Å². The van der Waals surface area contributed by atoms with Crippen LogP contribution in [0.15, 0.2) is 12.7 Å². The van der Waals surface area contributed by atoms with Gasteiger partial charge in [0.1, 0.15) is 6.04 Å². The molecule has 3 N–H and O–H groups in total. The lowest BCUT2D eigenvalue weighted by Gasteiger charge is -2.29. The van der Waals surface area contributed by atoms with Gasteiger partial charge in [0.15, 0.2) is 0 Å². The topological polar surface area (TPSA) is 78.4 Å². The Hall–Kier alpha value is -1.36. The fraction of sp³-hybridized carbons (Fsp3) is 0.714. The third kappa shape index (κ3) is 4.35. The number of rotatable bonds is 6. The molecule has 0 spiro atoms. The van der Waals surface area contributed by atoms with Crippen LogP contribution in [0.4, 0.5) is 0 Å². The Balaban J connectivity index is 2.83.